The second-order valence-electron chi connectivity index (χ2n) is 4.68. The van der Waals surface area contributed by atoms with Gasteiger partial charge < -0.3 is 4.90 Å². The number of carbonyl (C=O) groups is 3. The summed E-state index contributed by atoms with van der Waals surface area (Å²) >= 11 is 0. The molecule has 0 aliphatic carbocycles. The minimum absolute atomic E-state index is 0. The van der Waals surface area contributed by atoms with Crippen LogP contribution in [-0.4, -0.2) is 89.0 Å². The third kappa shape index (κ3) is 4.30. The summed E-state index contributed by atoms with van der Waals surface area (Å²) < 4.78 is 34.3. The van der Waals surface area contributed by atoms with Crippen LogP contribution in [0.4, 0.5) is 4.79 Å². The largest absolute Gasteiger partial charge is 0.418 e. The molecule has 0 aromatic heterocycles. The van der Waals surface area contributed by atoms with Crippen molar-refractivity contribution >= 4 is 57.8 Å². The van der Waals surface area contributed by atoms with Crippen molar-refractivity contribution in [2.75, 3.05) is 6.54 Å². The minimum atomic E-state index is -4.82. The number of nitrogens with zero attached hydrogens (tertiary/aromatic N) is 2. The topological polar surface area (TPSA) is 145 Å². The van der Waals surface area contributed by atoms with E-state index in [2.05, 4.69) is 15.1 Å². The molecule has 4 amide bonds. The molecule has 13 heteroatoms. The summed E-state index contributed by atoms with van der Waals surface area (Å²) in [5.41, 5.74) is 4.27. The molecule has 0 saturated carbocycles. The third-order valence-electron chi connectivity index (χ3n) is 3.16. The molecule has 2 fully saturated rings. The van der Waals surface area contributed by atoms with Crippen LogP contribution in [0.5, 0.6) is 0 Å². The van der Waals surface area contributed by atoms with Gasteiger partial charge in [-0.2, -0.15) is 13.5 Å². The quantitative estimate of drug-likeness (QED) is 0.298. The van der Waals surface area contributed by atoms with E-state index in [-0.39, 0.29) is 42.5 Å². The predicted molar refractivity (Wildman–Crippen MR) is 71.1 cm³/mol. The molecule has 0 unspecified atom stereocenters. The van der Waals surface area contributed by atoms with Crippen LogP contribution in [0.1, 0.15) is 19.8 Å². The van der Waals surface area contributed by atoms with Gasteiger partial charge in [-0.05, 0) is 12.8 Å². The molecule has 2 bridgehead atoms. The Kier molecular flexibility index (Phi) is 6.18. The van der Waals surface area contributed by atoms with Gasteiger partial charge in [-0.15, -0.1) is 4.28 Å². The monoisotopic (exact) mass is 345 g/mol. The maximum absolute atomic E-state index is 12.0. The molecule has 0 aromatic rings. The maximum Gasteiger partial charge on any atom is 0.418 e. The van der Waals surface area contributed by atoms with E-state index >= 15 is 0 Å². The molecule has 22 heavy (non-hydrogen) atoms. The molecule has 2 rings (SSSR count). The second kappa shape index (κ2) is 7.10. The molecule has 2 heterocycles. The molecule has 119 valence electrons. The normalized spacial score (nSPS) is 23.8. The van der Waals surface area contributed by atoms with E-state index < -0.39 is 40.3 Å². The van der Waals surface area contributed by atoms with Crippen molar-refractivity contribution in [1.29, 1.82) is 0 Å². The first-order chi connectivity index (χ1) is 9.69. The van der Waals surface area contributed by atoms with Gasteiger partial charge in [0.05, 0.1) is 6.04 Å². The van der Waals surface area contributed by atoms with E-state index in [0.717, 1.165) is 4.90 Å². The van der Waals surface area contributed by atoms with Gasteiger partial charge in [0, 0.05) is 43.0 Å². The van der Waals surface area contributed by atoms with Crippen LogP contribution in [0.2, 0.25) is 0 Å². The molecule has 1 radical (unpaired) electrons. The van der Waals surface area contributed by atoms with Crippen LogP contribution in [0, 0.1) is 0 Å². The van der Waals surface area contributed by atoms with Crippen molar-refractivity contribution in [3.63, 3.8) is 0 Å². The molecule has 2 aliphatic heterocycles. The Morgan fingerprint density at radius 2 is 1.95 bits per heavy atom. The third-order valence-corrected chi connectivity index (χ3v) is 3.51. The van der Waals surface area contributed by atoms with Crippen LogP contribution in [0.3, 0.4) is 0 Å². The van der Waals surface area contributed by atoms with Gasteiger partial charge in [-0.1, -0.05) is 0 Å². The van der Waals surface area contributed by atoms with E-state index in [1.54, 1.807) is 0 Å². The number of nitrogens with one attached hydrogen (secondary N) is 2. The SMILES string of the molecule is CC(=O)NNC(=O)[C@@H]1CC[C@@H]2CN1C(=O)N2OS(=O)(=O)O.[Na]. The number of hydrogen-bond donors (Lipinski definition) is 3. The Hall–Kier alpha value is -0.920. The molecule has 2 aliphatic rings. The summed E-state index contributed by atoms with van der Waals surface area (Å²) in [7, 11) is -4.82. The van der Waals surface area contributed by atoms with Crippen LogP contribution in [-0.2, 0) is 24.3 Å². The Morgan fingerprint density at radius 1 is 1.32 bits per heavy atom. The first-order valence-electron chi connectivity index (χ1n) is 6.02. The average molecular weight is 345 g/mol. The van der Waals surface area contributed by atoms with E-state index in [0.29, 0.717) is 11.5 Å². The predicted octanol–water partition coefficient (Wildman–Crippen LogP) is -2.22. The summed E-state index contributed by atoms with van der Waals surface area (Å²) in [5.74, 6) is -1.06. The van der Waals surface area contributed by atoms with Crippen LogP contribution < -0.4 is 10.9 Å². The van der Waals surface area contributed by atoms with E-state index in [1.165, 1.54) is 6.92 Å². The zero-order valence-corrected chi connectivity index (χ0v) is 14.8. The molecule has 0 aromatic carbocycles. The van der Waals surface area contributed by atoms with Gasteiger partial charge in [-0.3, -0.25) is 25.0 Å². The standard InChI is InChI=1S/C9H14N4O7S.Na/c1-5(14)10-11-8(15)7-3-2-6-4-12(7)9(16)13(6)20-21(17,18)19;/h6-7H,2-4H2,1H3,(H,10,14)(H,11,15)(H,17,18,19);/t6-,7+;/m1./s1. The fraction of sp³-hybridized carbons (Fsp3) is 0.667. The van der Waals surface area contributed by atoms with E-state index in [4.69, 9.17) is 4.55 Å². The average Bonchev–Trinajstić information content (AvgIpc) is 2.60. The Morgan fingerprint density at radius 3 is 2.50 bits per heavy atom. The zero-order chi connectivity index (χ0) is 15.8. The van der Waals surface area contributed by atoms with Crippen molar-refractivity contribution in [2.45, 2.75) is 31.8 Å². The van der Waals surface area contributed by atoms with Crippen molar-refractivity contribution in [3.8, 4) is 0 Å². The summed E-state index contributed by atoms with van der Waals surface area (Å²) in [6.45, 7) is 1.30. The van der Waals surface area contributed by atoms with Crippen molar-refractivity contribution < 1.29 is 31.6 Å². The smallest absolute Gasteiger partial charge is 0.309 e. The Labute approximate surface area is 148 Å². The van der Waals surface area contributed by atoms with Crippen LogP contribution >= 0.6 is 0 Å². The summed E-state index contributed by atoms with van der Waals surface area (Å²) in [5, 5.41) is 0.543. The maximum atomic E-state index is 12.0. The van der Waals surface area contributed by atoms with E-state index in [1.807, 2.05) is 0 Å². The number of piperidine rings is 1. The van der Waals surface area contributed by atoms with Gasteiger partial charge in [0.15, 0.2) is 0 Å². The van der Waals surface area contributed by atoms with Crippen molar-refractivity contribution in [1.82, 2.24) is 20.8 Å². The van der Waals surface area contributed by atoms with Crippen molar-refractivity contribution in [2.24, 2.45) is 0 Å². The molecule has 2 saturated heterocycles. The fourth-order valence-corrected chi connectivity index (χ4v) is 2.73. The molecular weight excluding hydrogens is 331 g/mol. The summed E-state index contributed by atoms with van der Waals surface area (Å²) in [6.07, 6.45) is 0.586. The first kappa shape index (κ1) is 19.1. The zero-order valence-electron chi connectivity index (χ0n) is 12.0. The molecule has 3 N–H and O–H groups in total. The minimum Gasteiger partial charge on any atom is -0.309 e. The number of hydrogen-bond acceptors (Lipinski definition) is 6. The van der Waals surface area contributed by atoms with Gasteiger partial charge in [0.1, 0.15) is 6.04 Å². The molecular formula is C9H14N4NaO7S. The van der Waals surface area contributed by atoms with Gasteiger partial charge >= 0.3 is 16.4 Å². The number of hydroxylamine groups is 2. The molecule has 11 nitrogen and oxygen atoms in total. The van der Waals surface area contributed by atoms with E-state index in [9.17, 15) is 22.8 Å². The Balaban J connectivity index is 0.00000242. The number of amides is 4. The number of carbonyl (C=O) groups excluding carboxylic acids is 3. The van der Waals surface area contributed by atoms with Crippen molar-refractivity contribution in [3.05, 3.63) is 0 Å². The summed E-state index contributed by atoms with van der Waals surface area (Å²) in [4.78, 5) is 35.7. The van der Waals surface area contributed by atoms with Crippen LogP contribution in [0.15, 0.2) is 0 Å². The number of urea groups is 1. The van der Waals surface area contributed by atoms with Crippen LogP contribution in [0.25, 0.3) is 0 Å². The number of rotatable bonds is 3. The second-order valence-corrected chi connectivity index (χ2v) is 5.68. The van der Waals surface area contributed by atoms with Gasteiger partial charge in [0.2, 0.25) is 5.91 Å². The summed E-state index contributed by atoms with van der Waals surface area (Å²) in [6, 6.07) is -2.25. The molecule has 2 atom stereocenters. The number of hydrazine groups is 1. The first-order valence-corrected chi connectivity index (χ1v) is 7.39. The Bertz CT molecular complexity index is 583. The molecule has 0 spiro atoms. The fourth-order valence-electron chi connectivity index (χ4n) is 2.34. The number of fused-ring (bicyclic) bond motifs is 2. The van der Waals surface area contributed by atoms with Gasteiger partial charge in [-0.25, -0.2) is 4.79 Å². The van der Waals surface area contributed by atoms with Gasteiger partial charge in [0.25, 0.3) is 5.91 Å².